The van der Waals surface area contributed by atoms with Crippen molar-refractivity contribution < 1.29 is 9.47 Å². The summed E-state index contributed by atoms with van der Waals surface area (Å²) in [7, 11) is 0. The average molecular weight is 228 g/mol. The molecular formula is C11H14ClNO2. The molecule has 1 heterocycles. The van der Waals surface area contributed by atoms with Crippen molar-refractivity contribution in [3.8, 4) is 0 Å². The van der Waals surface area contributed by atoms with E-state index in [2.05, 4.69) is 0 Å². The number of hydrogen-bond donors (Lipinski definition) is 1. The van der Waals surface area contributed by atoms with E-state index in [-0.39, 0.29) is 12.4 Å². The van der Waals surface area contributed by atoms with Crippen molar-refractivity contribution in [2.75, 3.05) is 13.2 Å². The Balaban J connectivity index is 1.92. The maximum Gasteiger partial charge on any atom is 0.162 e. The highest BCUT2D eigenvalue weighted by Gasteiger charge is 2.24. The summed E-state index contributed by atoms with van der Waals surface area (Å²) in [5, 5.41) is 0.737. The minimum atomic E-state index is -0.183. The lowest BCUT2D eigenvalue weighted by atomic mass is 10.1. The molecule has 2 atom stereocenters. The van der Waals surface area contributed by atoms with Crippen LogP contribution in [-0.4, -0.2) is 25.5 Å². The van der Waals surface area contributed by atoms with Gasteiger partial charge in [0, 0.05) is 18.0 Å². The molecule has 1 fully saturated rings. The van der Waals surface area contributed by atoms with Gasteiger partial charge in [-0.1, -0.05) is 23.7 Å². The summed E-state index contributed by atoms with van der Waals surface area (Å²) in [6, 6.07) is 7.70. The van der Waals surface area contributed by atoms with Gasteiger partial charge in [0.15, 0.2) is 6.29 Å². The lowest BCUT2D eigenvalue weighted by Crippen LogP contribution is -2.23. The van der Waals surface area contributed by atoms with Crippen molar-refractivity contribution in [1.29, 1.82) is 0 Å². The molecule has 1 saturated heterocycles. The Labute approximate surface area is 94.1 Å². The monoisotopic (exact) mass is 227 g/mol. The van der Waals surface area contributed by atoms with E-state index in [4.69, 9.17) is 26.8 Å². The summed E-state index contributed by atoms with van der Waals surface area (Å²) >= 11 is 5.88. The first-order valence-corrected chi connectivity index (χ1v) is 5.37. The fraction of sp³-hybridized carbons (Fsp3) is 0.455. The Morgan fingerprint density at radius 2 is 2.33 bits per heavy atom. The molecule has 82 valence electrons. The number of ether oxygens (including phenoxy) is 2. The first-order valence-electron chi connectivity index (χ1n) is 4.99. The molecule has 3 nitrogen and oxygen atoms in total. The molecule has 1 aromatic rings. The number of hydrogen-bond acceptors (Lipinski definition) is 3. The molecule has 1 aliphatic rings. The van der Waals surface area contributed by atoms with Gasteiger partial charge in [0.1, 0.15) is 0 Å². The zero-order chi connectivity index (χ0) is 10.7. The highest BCUT2D eigenvalue weighted by molar-refractivity contribution is 6.30. The second-order valence-electron chi connectivity index (χ2n) is 3.59. The van der Waals surface area contributed by atoms with Gasteiger partial charge < -0.3 is 15.2 Å². The third-order valence-corrected chi connectivity index (χ3v) is 2.60. The second kappa shape index (κ2) is 4.94. The molecule has 4 heteroatoms. The maximum absolute atomic E-state index is 5.88. The third-order valence-electron chi connectivity index (χ3n) is 2.37. The normalized spacial score (nSPS) is 25.7. The molecule has 2 N–H and O–H groups in total. The Bertz CT molecular complexity index is 332. The van der Waals surface area contributed by atoms with Gasteiger partial charge in [-0.2, -0.15) is 0 Å². The largest absolute Gasteiger partial charge is 0.350 e. The number of halogens is 1. The molecule has 0 saturated carbocycles. The van der Waals surface area contributed by atoms with Gasteiger partial charge >= 0.3 is 0 Å². The van der Waals surface area contributed by atoms with E-state index >= 15 is 0 Å². The SMILES string of the molecule is NCC1COC(Cc2cccc(Cl)c2)O1. The minimum Gasteiger partial charge on any atom is -0.350 e. The van der Waals surface area contributed by atoms with E-state index < -0.39 is 0 Å². The summed E-state index contributed by atoms with van der Waals surface area (Å²) < 4.78 is 11.0. The summed E-state index contributed by atoms with van der Waals surface area (Å²) in [6.07, 6.45) is 0.572. The zero-order valence-electron chi connectivity index (χ0n) is 8.36. The van der Waals surface area contributed by atoms with Crippen LogP contribution < -0.4 is 5.73 Å². The van der Waals surface area contributed by atoms with Gasteiger partial charge in [0.25, 0.3) is 0 Å². The molecule has 1 aliphatic heterocycles. The molecule has 2 unspecified atom stereocenters. The molecule has 0 aliphatic carbocycles. The standard InChI is InChI=1S/C11H14ClNO2/c12-9-3-1-2-8(4-9)5-11-14-7-10(6-13)15-11/h1-4,10-11H,5-7,13H2. The molecular weight excluding hydrogens is 214 g/mol. The van der Waals surface area contributed by atoms with Crippen molar-refractivity contribution >= 4 is 11.6 Å². The van der Waals surface area contributed by atoms with Crippen LogP contribution in [0.15, 0.2) is 24.3 Å². The highest BCUT2D eigenvalue weighted by Crippen LogP contribution is 2.18. The fourth-order valence-electron chi connectivity index (χ4n) is 1.59. The number of benzene rings is 1. The zero-order valence-corrected chi connectivity index (χ0v) is 9.11. The van der Waals surface area contributed by atoms with Gasteiger partial charge in [-0.15, -0.1) is 0 Å². The lowest BCUT2D eigenvalue weighted by Gasteiger charge is -2.10. The summed E-state index contributed by atoms with van der Waals surface area (Å²) in [5.74, 6) is 0. The molecule has 2 rings (SSSR count). The predicted octanol–water partition coefficient (Wildman–Crippen LogP) is 1.58. The van der Waals surface area contributed by atoms with Crippen LogP contribution in [0.5, 0.6) is 0 Å². The van der Waals surface area contributed by atoms with Gasteiger partial charge in [-0.25, -0.2) is 0 Å². The topological polar surface area (TPSA) is 44.5 Å². The second-order valence-corrected chi connectivity index (χ2v) is 4.03. The van der Waals surface area contributed by atoms with Crippen LogP contribution in [0.2, 0.25) is 5.02 Å². The van der Waals surface area contributed by atoms with E-state index in [1.807, 2.05) is 24.3 Å². The molecule has 15 heavy (non-hydrogen) atoms. The minimum absolute atomic E-state index is 0.0363. The Hall–Kier alpha value is -0.610. The number of nitrogens with two attached hydrogens (primary N) is 1. The maximum atomic E-state index is 5.88. The Kier molecular flexibility index (Phi) is 3.59. The quantitative estimate of drug-likeness (QED) is 0.853. The smallest absolute Gasteiger partial charge is 0.162 e. The van der Waals surface area contributed by atoms with Crippen LogP contribution in [0, 0.1) is 0 Å². The van der Waals surface area contributed by atoms with Crippen molar-refractivity contribution in [2.45, 2.75) is 18.8 Å². The first kappa shape index (κ1) is 10.9. The summed E-state index contributed by atoms with van der Waals surface area (Å²) in [4.78, 5) is 0. The van der Waals surface area contributed by atoms with Crippen molar-refractivity contribution in [2.24, 2.45) is 5.73 Å². The fourth-order valence-corrected chi connectivity index (χ4v) is 1.81. The van der Waals surface area contributed by atoms with E-state index in [0.29, 0.717) is 13.2 Å². The average Bonchev–Trinajstić information content (AvgIpc) is 2.65. The van der Waals surface area contributed by atoms with Crippen LogP contribution in [0.25, 0.3) is 0 Å². The van der Waals surface area contributed by atoms with Crippen LogP contribution >= 0.6 is 11.6 Å². The molecule has 1 aromatic carbocycles. The van der Waals surface area contributed by atoms with Crippen molar-refractivity contribution in [3.63, 3.8) is 0 Å². The molecule has 0 aromatic heterocycles. The highest BCUT2D eigenvalue weighted by atomic mass is 35.5. The van der Waals surface area contributed by atoms with Crippen LogP contribution in [0.1, 0.15) is 5.56 Å². The van der Waals surface area contributed by atoms with Gasteiger partial charge in [-0.3, -0.25) is 0 Å². The predicted molar refractivity (Wildman–Crippen MR) is 58.8 cm³/mol. The van der Waals surface area contributed by atoms with Gasteiger partial charge in [-0.05, 0) is 17.7 Å². The van der Waals surface area contributed by atoms with Gasteiger partial charge in [0.2, 0.25) is 0 Å². The van der Waals surface area contributed by atoms with Crippen LogP contribution in [0.3, 0.4) is 0 Å². The Morgan fingerprint density at radius 3 is 3.00 bits per heavy atom. The first-order chi connectivity index (χ1) is 7.28. The molecule has 0 spiro atoms. The lowest BCUT2D eigenvalue weighted by molar-refractivity contribution is -0.0541. The Morgan fingerprint density at radius 1 is 1.47 bits per heavy atom. The van der Waals surface area contributed by atoms with Crippen molar-refractivity contribution in [3.05, 3.63) is 34.9 Å². The molecule has 0 bridgehead atoms. The van der Waals surface area contributed by atoms with Crippen LogP contribution in [-0.2, 0) is 15.9 Å². The molecule has 0 amide bonds. The van der Waals surface area contributed by atoms with E-state index in [1.54, 1.807) is 0 Å². The van der Waals surface area contributed by atoms with Crippen molar-refractivity contribution in [1.82, 2.24) is 0 Å². The van der Waals surface area contributed by atoms with E-state index in [1.165, 1.54) is 0 Å². The third kappa shape index (κ3) is 2.92. The summed E-state index contributed by atoms with van der Waals surface area (Å²) in [6.45, 7) is 1.09. The summed E-state index contributed by atoms with van der Waals surface area (Å²) in [5.41, 5.74) is 6.60. The van der Waals surface area contributed by atoms with Crippen LogP contribution in [0.4, 0.5) is 0 Å². The van der Waals surface area contributed by atoms with Gasteiger partial charge in [0.05, 0.1) is 12.7 Å². The van der Waals surface area contributed by atoms with E-state index in [9.17, 15) is 0 Å². The number of rotatable bonds is 3. The van der Waals surface area contributed by atoms with E-state index in [0.717, 1.165) is 17.0 Å². The molecule has 0 radical (unpaired) electrons.